The fourth-order valence-corrected chi connectivity index (χ4v) is 4.90. The first-order valence-corrected chi connectivity index (χ1v) is 10.3. The van der Waals surface area contributed by atoms with Crippen LogP contribution in [0, 0.1) is 0 Å². The Labute approximate surface area is 140 Å². The molecule has 6 heteroatoms. The highest BCUT2D eigenvalue weighted by atomic mass is 32.2. The number of hydrogen-bond acceptors (Lipinski definition) is 4. The lowest BCUT2D eigenvalue weighted by Gasteiger charge is -2.27. The summed E-state index contributed by atoms with van der Waals surface area (Å²) in [6.45, 7) is 3.19. The SMILES string of the molecule is CCc1ccc(C(=O)N2CCc3ccsc3C2)cc1S(C)(=O)=O. The Balaban J connectivity index is 1.92. The number of carbonyl (C=O) groups excluding carboxylic acids is 1. The van der Waals surface area contributed by atoms with E-state index in [1.165, 1.54) is 22.8 Å². The van der Waals surface area contributed by atoms with Gasteiger partial charge in [0.2, 0.25) is 0 Å². The minimum absolute atomic E-state index is 0.100. The first-order valence-electron chi connectivity index (χ1n) is 7.57. The van der Waals surface area contributed by atoms with Crippen molar-refractivity contribution in [2.45, 2.75) is 31.2 Å². The summed E-state index contributed by atoms with van der Waals surface area (Å²) in [5.41, 5.74) is 2.52. The smallest absolute Gasteiger partial charge is 0.254 e. The molecule has 1 aromatic carbocycles. The molecule has 2 aromatic rings. The number of fused-ring (bicyclic) bond motifs is 1. The van der Waals surface area contributed by atoms with Crippen LogP contribution in [0.4, 0.5) is 0 Å². The average Bonchev–Trinajstić information content (AvgIpc) is 3.00. The topological polar surface area (TPSA) is 54.5 Å². The lowest BCUT2D eigenvalue weighted by Crippen LogP contribution is -2.35. The van der Waals surface area contributed by atoms with Crippen LogP contribution in [0.15, 0.2) is 34.5 Å². The third-order valence-corrected chi connectivity index (χ3v) is 6.33. The highest BCUT2D eigenvalue weighted by molar-refractivity contribution is 7.90. The van der Waals surface area contributed by atoms with E-state index in [2.05, 4.69) is 11.4 Å². The molecule has 0 radical (unpaired) electrons. The summed E-state index contributed by atoms with van der Waals surface area (Å²) in [5.74, 6) is -0.100. The van der Waals surface area contributed by atoms with Crippen molar-refractivity contribution in [2.75, 3.05) is 12.8 Å². The third-order valence-electron chi connectivity index (χ3n) is 4.20. The lowest BCUT2D eigenvalue weighted by atomic mass is 10.1. The van der Waals surface area contributed by atoms with Gasteiger partial charge in [-0.05, 0) is 47.5 Å². The fraction of sp³-hybridized carbons (Fsp3) is 0.353. The van der Waals surface area contributed by atoms with Crippen LogP contribution in [0.25, 0.3) is 0 Å². The van der Waals surface area contributed by atoms with E-state index in [1.807, 2.05) is 6.92 Å². The normalized spacial score (nSPS) is 14.6. The second-order valence-electron chi connectivity index (χ2n) is 5.79. The number of amides is 1. The summed E-state index contributed by atoms with van der Waals surface area (Å²) in [5, 5.41) is 2.05. The van der Waals surface area contributed by atoms with Gasteiger partial charge in [0, 0.05) is 23.2 Å². The van der Waals surface area contributed by atoms with E-state index in [0.29, 0.717) is 25.1 Å². The minimum Gasteiger partial charge on any atom is -0.333 e. The molecule has 0 saturated carbocycles. The molecule has 0 aliphatic carbocycles. The Morgan fingerprint density at radius 2 is 2.09 bits per heavy atom. The third kappa shape index (κ3) is 3.19. The molecular weight excluding hydrogens is 330 g/mol. The van der Waals surface area contributed by atoms with Crippen LogP contribution in [-0.2, 0) is 29.2 Å². The molecule has 0 bridgehead atoms. The van der Waals surface area contributed by atoms with Crippen molar-refractivity contribution in [3.05, 3.63) is 51.2 Å². The Morgan fingerprint density at radius 3 is 2.78 bits per heavy atom. The molecule has 0 saturated heterocycles. The molecule has 0 fully saturated rings. The molecule has 1 aliphatic rings. The Morgan fingerprint density at radius 1 is 1.30 bits per heavy atom. The summed E-state index contributed by atoms with van der Waals surface area (Å²) in [4.78, 5) is 16.0. The standard InChI is InChI=1S/C17H19NO3S2/c1-3-12-4-5-14(10-16(12)23(2,20)21)17(19)18-8-6-13-7-9-22-15(13)11-18/h4-5,7,9-10H,3,6,8,11H2,1-2H3. The molecular formula is C17H19NO3S2. The van der Waals surface area contributed by atoms with Gasteiger partial charge in [-0.25, -0.2) is 8.42 Å². The van der Waals surface area contributed by atoms with Crippen molar-refractivity contribution in [1.82, 2.24) is 4.90 Å². The zero-order chi connectivity index (χ0) is 16.6. The zero-order valence-corrected chi connectivity index (χ0v) is 14.8. The fourth-order valence-electron chi connectivity index (χ4n) is 2.92. The average molecular weight is 349 g/mol. The number of rotatable bonds is 3. The molecule has 1 aromatic heterocycles. The maximum atomic E-state index is 12.7. The molecule has 0 spiro atoms. The van der Waals surface area contributed by atoms with Crippen LogP contribution < -0.4 is 0 Å². The summed E-state index contributed by atoms with van der Waals surface area (Å²) in [6, 6.07) is 7.13. The van der Waals surface area contributed by atoms with E-state index in [0.717, 1.165) is 12.0 Å². The Kier molecular flexibility index (Phi) is 4.29. The molecule has 2 heterocycles. The quantitative estimate of drug-likeness (QED) is 0.856. The van der Waals surface area contributed by atoms with Gasteiger partial charge >= 0.3 is 0 Å². The van der Waals surface area contributed by atoms with Gasteiger partial charge in [0.25, 0.3) is 5.91 Å². The van der Waals surface area contributed by atoms with Crippen molar-refractivity contribution in [1.29, 1.82) is 0 Å². The number of sulfone groups is 1. The molecule has 23 heavy (non-hydrogen) atoms. The minimum atomic E-state index is -3.34. The number of benzene rings is 1. The first-order chi connectivity index (χ1) is 10.9. The maximum absolute atomic E-state index is 12.7. The van der Waals surface area contributed by atoms with E-state index in [-0.39, 0.29) is 10.8 Å². The number of nitrogens with zero attached hydrogens (tertiary/aromatic N) is 1. The molecule has 3 rings (SSSR count). The number of hydrogen-bond donors (Lipinski definition) is 0. The van der Waals surface area contributed by atoms with Crippen LogP contribution in [-0.4, -0.2) is 32.0 Å². The lowest BCUT2D eigenvalue weighted by molar-refractivity contribution is 0.0737. The van der Waals surface area contributed by atoms with Crippen molar-refractivity contribution in [3.8, 4) is 0 Å². The largest absolute Gasteiger partial charge is 0.333 e. The number of aryl methyl sites for hydroxylation is 1. The van der Waals surface area contributed by atoms with Crippen LogP contribution in [0.2, 0.25) is 0 Å². The van der Waals surface area contributed by atoms with E-state index < -0.39 is 9.84 Å². The van der Waals surface area contributed by atoms with Gasteiger partial charge in [-0.3, -0.25) is 4.79 Å². The van der Waals surface area contributed by atoms with Crippen molar-refractivity contribution in [3.63, 3.8) is 0 Å². The molecule has 1 aliphatic heterocycles. The summed E-state index contributed by atoms with van der Waals surface area (Å²) < 4.78 is 23.9. The van der Waals surface area contributed by atoms with Crippen LogP contribution >= 0.6 is 11.3 Å². The monoisotopic (exact) mass is 349 g/mol. The van der Waals surface area contributed by atoms with Gasteiger partial charge in [-0.1, -0.05) is 13.0 Å². The zero-order valence-electron chi connectivity index (χ0n) is 13.2. The number of thiophene rings is 1. The molecule has 0 atom stereocenters. The second-order valence-corrected chi connectivity index (χ2v) is 8.78. The van der Waals surface area contributed by atoms with Crippen LogP contribution in [0.5, 0.6) is 0 Å². The Bertz CT molecular complexity index is 852. The molecule has 4 nitrogen and oxygen atoms in total. The van der Waals surface area contributed by atoms with Gasteiger partial charge < -0.3 is 4.90 Å². The van der Waals surface area contributed by atoms with Gasteiger partial charge in [0.15, 0.2) is 9.84 Å². The summed E-state index contributed by atoms with van der Waals surface area (Å²) in [7, 11) is -3.34. The predicted molar refractivity (Wildman–Crippen MR) is 91.7 cm³/mol. The van der Waals surface area contributed by atoms with E-state index in [9.17, 15) is 13.2 Å². The molecule has 0 unspecified atom stereocenters. The first kappa shape index (κ1) is 16.2. The van der Waals surface area contributed by atoms with Gasteiger partial charge in [-0.15, -0.1) is 11.3 Å². The molecule has 1 amide bonds. The predicted octanol–water partition coefficient (Wildman–Crippen LogP) is 2.91. The molecule has 122 valence electrons. The highest BCUT2D eigenvalue weighted by Crippen LogP contribution is 2.26. The van der Waals surface area contributed by atoms with Crippen molar-refractivity contribution in [2.24, 2.45) is 0 Å². The Hall–Kier alpha value is -1.66. The molecule has 0 N–H and O–H groups in total. The van der Waals surface area contributed by atoms with Crippen LogP contribution in [0.3, 0.4) is 0 Å². The van der Waals surface area contributed by atoms with Gasteiger partial charge in [0.05, 0.1) is 11.4 Å². The second kappa shape index (κ2) is 6.09. The van der Waals surface area contributed by atoms with E-state index in [4.69, 9.17) is 0 Å². The van der Waals surface area contributed by atoms with Gasteiger partial charge in [-0.2, -0.15) is 0 Å². The van der Waals surface area contributed by atoms with Gasteiger partial charge in [0.1, 0.15) is 0 Å². The van der Waals surface area contributed by atoms with Crippen LogP contribution in [0.1, 0.15) is 33.3 Å². The summed E-state index contributed by atoms with van der Waals surface area (Å²) in [6.07, 6.45) is 2.67. The van der Waals surface area contributed by atoms with E-state index in [1.54, 1.807) is 28.4 Å². The maximum Gasteiger partial charge on any atom is 0.254 e. The van der Waals surface area contributed by atoms with E-state index >= 15 is 0 Å². The van der Waals surface area contributed by atoms with Crippen molar-refractivity contribution >= 4 is 27.1 Å². The number of carbonyl (C=O) groups is 1. The summed E-state index contributed by atoms with van der Waals surface area (Å²) >= 11 is 1.67. The van der Waals surface area contributed by atoms with Crippen molar-refractivity contribution < 1.29 is 13.2 Å². The highest BCUT2D eigenvalue weighted by Gasteiger charge is 2.24.